The summed E-state index contributed by atoms with van der Waals surface area (Å²) in [5.74, 6) is -1.31. The first-order valence-electron chi connectivity index (χ1n) is 31.0. The number of rotatable bonds is 50. The van der Waals surface area contributed by atoms with Gasteiger partial charge in [-0.15, -0.1) is 0 Å². The summed E-state index contributed by atoms with van der Waals surface area (Å²) in [6.07, 6.45) is 66.4. The maximum Gasteiger partial charge on any atom is 0.306 e. The number of nitrogens with one attached hydrogen (secondary N) is 1. The molecule has 1 amide bonds. The van der Waals surface area contributed by atoms with Crippen LogP contribution in [0.25, 0.3) is 0 Å². The Labute approximate surface area is 480 Å². The van der Waals surface area contributed by atoms with Crippen LogP contribution in [0.3, 0.4) is 0 Å². The van der Waals surface area contributed by atoms with E-state index < -0.39 is 67.4 Å². The Hall–Kier alpha value is -4.20. The molecule has 11 heteroatoms. The van der Waals surface area contributed by atoms with Crippen LogP contribution in [0.15, 0.2) is 134 Å². The molecule has 1 aliphatic rings. The number of allylic oxidation sites excluding steroid dienone is 21. The Bertz CT molecular complexity index is 1790. The van der Waals surface area contributed by atoms with Crippen molar-refractivity contribution in [3.8, 4) is 0 Å². The number of amides is 1. The number of unbranched alkanes of at least 4 members (excludes halogenated alkanes) is 16. The maximum absolute atomic E-state index is 13.4. The van der Waals surface area contributed by atoms with Crippen molar-refractivity contribution in [3.63, 3.8) is 0 Å². The summed E-state index contributed by atoms with van der Waals surface area (Å²) in [5, 5.41) is 56.9. The molecule has 0 saturated carbocycles. The van der Waals surface area contributed by atoms with Crippen molar-refractivity contribution in [2.75, 3.05) is 13.2 Å². The zero-order valence-corrected chi connectivity index (χ0v) is 49.4. The zero-order valence-electron chi connectivity index (χ0n) is 49.4. The minimum absolute atomic E-state index is 0.0539. The Morgan fingerprint density at radius 1 is 0.506 bits per heavy atom. The van der Waals surface area contributed by atoms with Crippen molar-refractivity contribution >= 4 is 11.9 Å². The largest absolute Gasteiger partial charge is 0.454 e. The van der Waals surface area contributed by atoms with Crippen LogP contribution in [0.1, 0.15) is 220 Å². The van der Waals surface area contributed by atoms with Crippen molar-refractivity contribution in [2.24, 2.45) is 0 Å². The van der Waals surface area contributed by atoms with E-state index in [0.717, 1.165) is 103 Å². The number of aliphatic hydroxyl groups excluding tert-OH is 5. The number of hydrogen-bond acceptors (Lipinski definition) is 10. The molecular weight excluding hydrogens is 991 g/mol. The molecule has 0 aromatic rings. The molecule has 8 atom stereocenters. The van der Waals surface area contributed by atoms with Crippen LogP contribution < -0.4 is 5.32 Å². The van der Waals surface area contributed by atoms with E-state index in [2.05, 4.69) is 135 Å². The van der Waals surface area contributed by atoms with Crippen molar-refractivity contribution < 1.29 is 49.3 Å². The molecule has 0 spiro atoms. The molecule has 1 aliphatic heterocycles. The van der Waals surface area contributed by atoms with Gasteiger partial charge in [0.1, 0.15) is 24.4 Å². The summed E-state index contributed by atoms with van der Waals surface area (Å²) in [4.78, 5) is 26.5. The first-order chi connectivity index (χ1) is 38.7. The highest BCUT2D eigenvalue weighted by Crippen LogP contribution is 2.26. The molecule has 0 aromatic carbocycles. The van der Waals surface area contributed by atoms with Crippen LogP contribution in [0.2, 0.25) is 0 Å². The SMILES string of the molecule is CC/C=C\C/C=C\C/C=C\C/C=C\C/C=C\C/C=C\CCCCC(=O)OC1C(OCC(NC(=O)C(O)CC/C=C\C/C=C\C/C=C\C/C=C\CCCCC)C(O)/C=C/CCCCCCCCCCCCC)OC(CO)C(O)C1O. The summed E-state index contributed by atoms with van der Waals surface area (Å²) in [6, 6.07) is -1.07. The van der Waals surface area contributed by atoms with Gasteiger partial charge in [0.25, 0.3) is 0 Å². The Morgan fingerprint density at radius 3 is 1.39 bits per heavy atom. The highest BCUT2D eigenvalue weighted by atomic mass is 16.7. The van der Waals surface area contributed by atoms with E-state index in [0.29, 0.717) is 12.8 Å². The maximum atomic E-state index is 13.4. The average molecular weight is 1100 g/mol. The van der Waals surface area contributed by atoms with Gasteiger partial charge in [-0.3, -0.25) is 9.59 Å². The van der Waals surface area contributed by atoms with Crippen LogP contribution >= 0.6 is 0 Å². The fraction of sp³-hybridized carbons (Fsp3) is 0.647. The van der Waals surface area contributed by atoms with Gasteiger partial charge >= 0.3 is 5.97 Å². The number of aliphatic hydroxyl groups is 5. The molecule has 11 nitrogen and oxygen atoms in total. The van der Waals surface area contributed by atoms with Crippen LogP contribution in [0.5, 0.6) is 0 Å². The number of carbonyl (C=O) groups excluding carboxylic acids is 2. The molecule has 1 saturated heterocycles. The highest BCUT2D eigenvalue weighted by molar-refractivity contribution is 5.80. The fourth-order valence-electron chi connectivity index (χ4n) is 8.64. The fourth-order valence-corrected chi connectivity index (χ4v) is 8.64. The second-order valence-electron chi connectivity index (χ2n) is 20.7. The van der Waals surface area contributed by atoms with Crippen molar-refractivity contribution in [1.29, 1.82) is 0 Å². The molecular formula is C68H111NO10. The predicted molar refractivity (Wildman–Crippen MR) is 328 cm³/mol. The van der Waals surface area contributed by atoms with Crippen molar-refractivity contribution in [1.82, 2.24) is 5.32 Å². The first-order valence-corrected chi connectivity index (χ1v) is 31.0. The second kappa shape index (κ2) is 54.4. The third kappa shape index (κ3) is 42.3. The minimum Gasteiger partial charge on any atom is -0.454 e. The summed E-state index contributed by atoms with van der Waals surface area (Å²) in [7, 11) is 0. The summed E-state index contributed by atoms with van der Waals surface area (Å²) in [6.45, 7) is 5.57. The standard InChI is InChI=1S/C68H111NO10/c1-4-7-10-13-16-19-22-25-27-29-30-31-32-33-35-38-41-44-47-50-53-56-63(73)79-66-65(75)64(74)62(57-70)78-68(66)77-58-59(60(71)54-51-48-45-42-39-36-24-21-18-15-12-9-6-3)69-67(76)61(72)55-52-49-46-43-40-37-34-28-26-23-20-17-14-11-8-5-2/h7,10,16-17,19-20,25-28,30-31,33,35,37,40-41,44,46,49,51,54,59-62,64-66,68,70-72,74-75H,4-6,8-9,11-15,18,21-24,29,32,34,36,38-39,42-43,45,47-48,50,52-53,55-58H2,1-3H3,(H,69,76)/b10-7-,19-16-,20-17-,27-25-,28-26-,31-30-,35-33-,40-37-,44-41-,49-46-,54-51+. The molecule has 6 N–H and O–H groups in total. The highest BCUT2D eigenvalue weighted by Gasteiger charge is 2.47. The van der Waals surface area contributed by atoms with Crippen LogP contribution in [-0.2, 0) is 23.8 Å². The average Bonchev–Trinajstić information content (AvgIpc) is 3.49. The number of carbonyl (C=O) groups is 2. The Morgan fingerprint density at radius 2 is 0.911 bits per heavy atom. The molecule has 0 bridgehead atoms. The normalized spacial score (nSPS) is 19.8. The third-order valence-electron chi connectivity index (χ3n) is 13.5. The topological polar surface area (TPSA) is 175 Å². The predicted octanol–water partition coefficient (Wildman–Crippen LogP) is 14.8. The lowest BCUT2D eigenvalue weighted by atomic mass is 9.99. The third-order valence-corrected chi connectivity index (χ3v) is 13.5. The number of ether oxygens (including phenoxy) is 3. The molecule has 1 fully saturated rings. The molecule has 1 heterocycles. The van der Waals surface area contributed by atoms with Crippen LogP contribution in [0.4, 0.5) is 0 Å². The van der Waals surface area contributed by atoms with Gasteiger partial charge in [-0.05, 0) is 116 Å². The van der Waals surface area contributed by atoms with Gasteiger partial charge in [0, 0.05) is 6.42 Å². The van der Waals surface area contributed by atoms with Gasteiger partial charge in [-0.25, -0.2) is 0 Å². The smallest absolute Gasteiger partial charge is 0.306 e. The lowest BCUT2D eigenvalue weighted by Crippen LogP contribution is -2.61. The van der Waals surface area contributed by atoms with E-state index in [-0.39, 0.29) is 19.4 Å². The van der Waals surface area contributed by atoms with E-state index in [4.69, 9.17) is 14.2 Å². The van der Waals surface area contributed by atoms with E-state index in [9.17, 15) is 35.1 Å². The van der Waals surface area contributed by atoms with Gasteiger partial charge in [0.2, 0.25) is 5.91 Å². The molecule has 0 aromatic heterocycles. The van der Waals surface area contributed by atoms with Crippen LogP contribution in [0, 0.1) is 0 Å². The van der Waals surface area contributed by atoms with Crippen molar-refractivity contribution in [3.05, 3.63) is 134 Å². The lowest BCUT2D eigenvalue weighted by molar-refractivity contribution is -0.305. The summed E-state index contributed by atoms with van der Waals surface area (Å²) < 4.78 is 17.5. The van der Waals surface area contributed by atoms with E-state index in [1.54, 1.807) is 6.08 Å². The zero-order chi connectivity index (χ0) is 57.5. The number of esters is 1. The van der Waals surface area contributed by atoms with Gasteiger partial charge in [-0.2, -0.15) is 0 Å². The van der Waals surface area contributed by atoms with Gasteiger partial charge in [0.15, 0.2) is 12.4 Å². The minimum atomic E-state index is -1.65. The molecule has 0 aliphatic carbocycles. The van der Waals surface area contributed by atoms with Gasteiger partial charge < -0.3 is 45.1 Å². The molecule has 0 radical (unpaired) electrons. The Kier molecular flexibility index (Phi) is 50.1. The van der Waals surface area contributed by atoms with Crippen LogP contribution in [-0.4, -0.2) is 99.6 Å². The monoisotopic (exact) mass is 1100 g/mol. The lowest BCUT2D eigenvalue weighted by Gasteiger charge is -2.41. The first kappa shape index (κ1) is 72.8. The quantitative estimate of drug-likeness (QED) is 0.0195. The molecule has 448 valence electrons. The molecule has 1 rings (SSSR count). The number of hydrogen-bond donors (Lipinski definition) is 6. The second-order valence-corrected chi connectivity index (χ2v) is 20.7. The molecule has 8 unspecified atom stereocenters. The van der Waals surface area contributed by atoms with E-state index in [1.807, 2.05) is 18.2 Å². The molecule has 79 heavy (non-hydrogen) atoms. The van der Waals surface area contributed by atoms with Crippen molar-refractivity contribution in [2.45, 2.75) is 269 Å². The summed E-state index contributed by atoms with van der Waals surface area (Å²) >= 11 is 0. The Balaban J connectivity index is 2.77. The van der Waals surface area contributed by atoms with Gasteiger partial charge in [-0.1, -0.05) is 231 Å². The van der Waals surface area contributed by atoms with E-state index >= 15 is 0 Å². The van der Waals surface area contributed by atoms with Gasteiger partial charge in [0.05, 0.1) is 25.4 Å². The van der Waals surface area contributed by atoms with E-state index in [1.165, 1.54) is 70.6 Å². The summed E-state index contributed by atoms with van der Waals surface area (Å²) in [5.41, 5.74) is 0.